The highest BCUT2D eigenvalue weighted by Gasteiger charge is 2.10. The molecular formula is C19H17N5OS2. The van der Waals surface area contributed by atoms with Crippen LogP contribution in [0.2, 0.25) is 0 Å². The van der Waals surface area contributed by atoms with Crippen molar-refractivity contribution in [2.24, 2.45) is 0 Å². The van der Waals surface area contributed by atoms with E-state index >= 15 is 0 Å². The number of rotatable bonds is 7. The third-order valence-electron chi connectivity index (χ3n) is 3.84. The van der Waals surface area contributed by atoms with E-state index in [2.05, 4.69) is 50.4 Å². The molecule has 6 nitrogen and oxygen atoms in total. The van der Waals surface area contributed by atoms with Crippen molar-refractivity contribution in [2.75, 3.05) is 0 Å². The van der Waals surface area contributed by atoms with E-state index in [0.717, 1.165) is 12.0 Å². The van der Waals surface area contributed by atoms with E-state index in [-0.39, 0.29) is 0 Å². The molecular weight excluding hydrogens is 378 g/mol. The molecule has 0 aliphatic heterocycles. The van der Waals surface area contributed by atoms with Crippen molar-refractivity contribution < 1.29 is 4.52 Å². The van der Waals surface area contributed by atoms with Crippen LogP contribution in [0.15, 0.2) is 51.5 Å². The Balaban J connectivity index is 1.36. The fraction of sp³-hybridized carbons (Fsp3) is 0.158. The molecule has 0 unspecified atom stereocenters. The number of aromatic nitrogens is 5. The number of thiophene rings is 1. The first-order valence-electron chi connectivity index (χ1n) is 8.49. The molecule has 0 atom stereocenters. The lowest BCUT2D eigenvalue weighted by molar-refractivity contribution is 0.391. The summed E-state index contributed by atoms with van der Waals surface area (Å²) in [5.41, 5.74) is 2.23. The van der Waals surface area contributed by atoms with Gasteiger partial charge in [-0.05, 0) is 35.6 Å². The van der Waals surface area contributed by atoms with Crippen molar-refractivity contribution in [1.82, 2.24) is 25.3 Å². The van der Waals surface area contributed by atoms with Gasteiger partial charge in [0.05, 0.1) is 5.75 Å². The molecule has 0 amide bonds. The molecule has 0 saturated carbocycles. The lowest BCUT2D eigenvalue weighted by Gasteiger charge is -1.97. The van der Waals surface area contributed by atoms with Crippen molar-refractivity contribution in [3.8, 4) is 11.4 Å². The van der Waals surface area contributed by atoms with Crippen LogP contribution in [0, 0.1) is 0 Å². The highest BCUT2D eigenvalue weighted by atomic mass is 32.2. The summed E-state index contributed by atoms with van der Waals surface area (Å²) in [6.45, 7) is 2.13. The van der Waals surface area contributed by atoms with E-state index in [1.807, 2.05) is 35.7 Å². The minimum Gasteiger partial charge on any atom is -0.338 e. The predicted octanol–water partition coefficient (Wildman–Crippen LogP) is 4.94. The summed E-state index contributed by atoms with van der Waals surface area (Å²) in [5, 5.41) is 13.9. The van der Waals surface area contributed by atoms with Crippen molar-refractivity contribution in [3.05, 3.63) is 63.9 Å². The molecule has 3 heterocycles. The largest absolute Gasteiger partial charge is 0.338 e. The molecule has 0 aliphatic rings. The van der Waals surface area contributed by atoms with Crippen molar-refractivity contribution in [1.29, 1.82) is 0 Å². The second-order valence-corrected chi connectivity index (χ2v) is 7.62. The van der Waals surface area contributed by atoms with Crippen LogP contribution in [-0.4, -0.2) is 25.3 Å². The Labute approximate surface area is 164 Å². The lowest BCUT2D eigenvalue weighted by Crippen LogP contribution is -1.85. The lowest BCUT2D eigenvalue weighted by atomic mass is 10.1. The molecule has 136 valence electrons. The van der Waals surface area contributed by atoms with Crippen molar-refractivity contribution in [3.63, 3.8) is 0 Å². The van der Waals surface area contributed by atoms with Crippen LogP contribution < -0.4 is 0 Å². The van der Waals surface area contributed by atoms with Crippen molar-refractivity contribution in [2.45, 2.75) is 24.3 Å². The number of hydrogen-bond donors (Lipinski definition) is 1. The Bertz CT molecular complexity index is 1020. The van der Waals surface area contributed by atoms with Gasteiger partial charge in [-0.1, -0.05) is 54.2 Å². The fourth-order valence-electron chi connectivity index (χ4n) is 2.39. The predicted molar refractivity (Wildman–Crippen MR) is 108 cm³/mol. The van der Waals surface area contributed by atoms with Gasteiger partial charge in [0.15, 0.2) is 0 Å². The maximum Gasteiger partial charge on any atom is 0.237 e. The molecule has 1 aromatic carbocycles. The normalized spacial score (nSPS) is 11.4. The number of aryl methyl sites for hydroxylation is 1. The molecule has 8 heteroatoms. The Kier molecular flexibility index (Phi) is 5.45. The van der Waals surface area contributed by atoms with E-state index in [1.165, 1.54) is 22.2 Å². The summed E-state index contributed by atoms with van der Waals surface area (Å²) >= 11 is 3.13. The Hall–Kier alpha value is -2.71. The summed E-state index contributed by atoms with van der Waals surface area (Å²) in [7, 11) is 0. The minimum absolute atomic E-state index is 0.520. The van der Waals surface area contributed by atoms with Gasteiger partial charge in [0.1, 0.15) is 5.82 Å². The third kappa shape index (κ3) is 4.53. The number of nitrogens with zero attached hydrogens (tertiary/aromatic N) is 4. The molecule has 3 aromatic heterocycles. The van der Waals surface area contributed by atoms with Crippen LogP contribution in [0.1, 0.15) is 29.1 Å². The van der Waals surface area contributed by atoms with Crippen LogP contribution in [0.25, 0.3) is 23.5 Å². The molecule has 0 bridgehead atoms. The first-order valence-corrected chi connectivity index (χ1v) is 10.4. The zero-order valence-electron chi connectivity index (χ0n) is 14.6. The maximum absolute atomic E-state index is 5.34. The Morgan fingerprint density at radius 1 is 1.15 bits per heavy atom. The first-order chi connectivity index (χ1) is 13.3. The molecule has 0 aliphatic carbocycles. The van der Waals surface area contributed by atoms with Crippen LogP contribution in [0.4, 0.5) is 0 Å². The van der Waals surface area contributed by atoms with Crippen LogP contribution >= 0.6 is 23.1 Å². The highest BCUT2D eigenvalue weighted by Crippen LogP contribution is 2.22. The second kappa shape index (κ2) is 8.32. The zero-order chi connectivity index (χ0) is 18.5. The summed E-state index contributed by atoms with van der Waals surface area (Å²) in [6, 6.07) is 12.3. The standard InChI is InChI=1S/C19H17N5OS2/c1-2-13-5-7-14(8-6-13)18-21-17(25-24-18)12-27-19-20-16(22-23-19)10-9-15-4-3-11-26-15/h3-11H,2,12H2,1H3,(H,20,22,23)/b10-9+. The molecule has 1 N–H and O–H groups in total. The molecule has 0 spiro atoms. The topological polar surface area (TPSA) is 80.5 Å². The van der Waals surface area contributed by atoms with Crippen LogP contribution in [0.5, 0.6) is 0 Å². The number of nitrogens with one attached hydrogen (secondary N) is 1. The van der Waals surface area contributed by atoms with E-state index in [1.54, 1.807) is 11.3 Å². The van der Waals surface area contributed by atoms with Gasteiger partial charge in [0.2, 0.25) is 16.9 Å². The first kappa shape index (κ1) is 17.7. The highest BCUT2D eigenvalue weighted by molar-refractivity contribution is 7.98. The molecule has 4 aromatic rings. The van der Waals surface area contributed by atoms with Crippen LogP contribution in [-0.2, 0) is 12.2 Å². The average Bonchev–Trinajstić information content (AvgIpc) is 3.47. The van der Waals surface area contributed by atoms with Gasteiger partial charge >= 0.3 is 0 Å². The van der Waals surface area contributed by atoms with E-state index in [0.29, 0.717) is 28.4 Å². The van der Waals surface area contributed by atoms with E-state index in [9.17, 15) is 0 Å². The van der Waals surface area contributed by atoms with Gasteiger partial charge in [-0.3, -0.25) is 5.10 Å². The Morgan fingerprint density at radius 3 is 2.81 bits per heavy atom. The molecule has 0 radical (unpaired) electrons. The number of thioether (sulfide) groups is 1. The number of benzene rings is 1. The minimum atomic E-state index is 0.520. The van der Waals surface area contributed by atoms with Gasteiger partial charge in [-0.25, -0.2) is 4.98 Å². The summed E-state index contributed by atoms with van der Waals surface area (Å²) in [4.78, 5) is 10.1. The average molecular weight is 396 g/mol. The third-order valence-corrected chi connectivity index (χ3v) is 5.51. The fourth-order valence-corrected chi connectivity index (χ4v) is 3.65. The number of aromatic amines is 1. The van der Waals surface area contributed by atoms with Gasteiger partial charge in [0, 0.05) is 10.4 Å². The quantitative estimate of drug-likeness (QED) is 0.446. The summed E-state index contributed by atoms with van der Waals surface area (Å²) in [6.07, 6.45) is 4.93. The monoisotopic (exact) mass is 395 g/mol. The molecule has 0 saturated heterocycles. The summed E-state index contributed by atoms with van der Waals surface area (Å²) in [5.74, 6) is 2.39. The van der Waals surface area contributed by atoms with E-state index in [4.69, 9.17) is 4.52 Å². The number of H-pyrrole nitrogens is 1. The smallest absolute Gasteiger partial charge is 0.237 e. The van der Waals surface area contributed by atoms with Gasteiger partial charge in [-0.15, -0.1) is 16.4 Å². The van der Waals surface area contributed by atoms with Crippen molar-refractivity contribution >= 4 is 35.3 Å². The van der Waals surface area contributed by atoms with Gasteiger partial charge < -0.3 is 4.52 Å². The summed E-state index contributed by atoms with van der Waals surface area (Å²) < 4.78 is 5.34. The molecule has 27 heavy (non-hydrogen) atoms. The van der Waals surface area contributed by atoms with E-state index < -0.39 is 0 Å². The van der Waals surface area contributed by atoms with Gasteiger partial charge in [-0.2, -0.15) is 4.98 Å². The maximum atomic E-state index is 5.34. The second-order valence-electron chi connectivity index (χ2n) is 5.70. The number of hydrogen-bond acceptors (Lipinski definition) is 7. The molecule has 0 fully saturated rings. The zero-order valence-corrected chi connectivity index (χ0v) is 16.3. The SMILES string of the molecule is CCc1ccc(-c2noc(CSc3n[nH]c(/C=C/c4cccs4)n3)n2)cc1. The van der Waals surface area contributed by atoms with Gasteiger partial charge in [0.25, 0.3) is 0 Å². The molecule has 4 rings (SSSR count). The van der Waals surface area contributed by atoms with Crippen LogP contribution in [0.3, 0.4) is 0 Å². The Morgan fingerprint density at radius 2 is 2.04 bits per heavy atom.